The van der Waals surface area contributed by atoms with Gasteiger partial charge in [-0.15, -0.1) is 0 Å². The van der Waals surface area contributed by atoms with Gasteiger partial charge >= 0.3 is 5.97 Å². The molecule has 1 heterocycles. The molecule has 18 heavy (non-hydrogen) atoms. The first kappa shape index (κ1) is 13.3. The lowest BCUT2D eigenvalue weighted by Gasteiger charge is -2.31. The van der Waals surface area contributed by atoms with Crippen LogP contribution in [-0.4, -0.2) is 59.5 Å². The third kappa shape index (κ3) is 2.23. The number of carbonyl (C=O) groups is 2. The number of likely N-dealkylation sites (tertiary alicyclic amines) is 1. The van der Waals surface area contributed by atoms with Gasteiger partial charge in [-0.2, -0.15) is 0 Å². The summed E-state index contributed by atoms with van der Waals surface area (Å²) in [6.45, 7) is 7.13. The van der Waals surface area contributed by atoms with Gasteiger partial charge in [0.1, 0.15) is 0 Å². The van der Waals surface area contributed by atoms with Gasteiger partial charge in [-0.25, -0.2) is 0 Å². The highest BCUT2D eigenvalue weighted by atomic mass is 16.4. The van der Waals surface area contributed by atoms with Crippen LogP contribution in [0, 0.1) is 11.3 Å². The smallest absolute Gasteiger partial charge is 0.311 e. The van der Waals surface area contributed by atoms with E-state index in [9.17, 15) is 14.7 Å². The van der Waals surface area contributed by atoms with Crippen molar-refractivity contribution in [1.29, 1.82) is 0 Å². The Labute approximate surface area is 108 Å². The molecule has 5 heteroatoms. The van der Waals surface area contributed by atoms with E-state index in [1.54, 1.807) is 4.90 Å². The normalized spacial score (nSPS) is 30.7. The Hall–Kier alpha value is -1.10. The first-order valence-electron chi connectivity index (χ1n) is 6.77. The molecule has 2 aliphatic rings. The molecular weight excluding hydrogens is 232 g/mol. The van der Waals surface area contributed by atoms with Gasteiger partial charge in [0.15, 0.2) is 0 Å². The molecular formula is C13H22N2O3. The summed E-state index contributed by atoms with van der Waals surface area (Å²) < 4.78 is 0. The molecule has 2 fully saturated rings. The zero-order chi connectivity index (χ0) is 13.3. The Bertz CT molecular complexity index is 354. The molecule has 1 aliphatic carbocycles. The van der Waals surface area contributed by atoms with E-state index in [4.69, 9.17) is 0 Å². The fourth-order valence-electron chi connectivity index (χ4n) is 3.10. The fraction of sp³-hybridized carbons (Fsp3) is 0.846. The lowest BCUT2D eigenvalue weighted by molar-refractivity contribution is -0.147. The quantitative estimate of drug-likeness (QED) is 0.782. The maximum Gasteiger partial charge on any atom is 0.311 e. The minimum atomic E-state index is -0.688. The molecule has 1 saturated heterocycles. The summed E-state index contributed by atoms with van der Waals surface area (Å²) in [6, 6.07) is 0. The second-order valence-corrected chi connectivity index (χ2v) is 5.43. The van der Waals surface area contributed by atoms with Crippen molar-refractivity contribution in [3.8, 4) is 0 Å². The molecule has 5 nitrogen and oxygen atoms in total. The predicted octanol–water partition coefficient (Wildman–Crippen LogP) is 0.651. The maximum atomic E-state index is 12.0. The van der Waals surface area contributed by atoms with Crippen LogP contribution in [0.1, 0.15) is 26.7 Å². The molecule has 0 aromatic rings. The summed E-state index contributed by atoms with van der Waals surface area (Å²) in [5.41, 5.74) is -0.540. The summed E-state index contributed by atoms with van der Waals surface area (Å²) in [6.07, 6.45) is 1.70. The van der Waals surface area contributed by atoms with Crippen molar-refractivity contribution in [2.45, 2.75) is 26.7 Å². The van der Waals surface area contributed by atoms with Crippen molar-refractivity contribution in [3.63, 3.8) is 0 Å². The second-order valence-electron chi connectivity index (χ2n) is 5.43. The number of rotatable bonds is 5. The lowest BCUT2D eigenvalue weighted by atomic mass is 9.97. The van der Waals surface area contributed by atoms with E-state index in [1.165, 1.54) is 0 Å². The fourth-order valence-corrected chi connectivity index (χ4v) is 3.10. The molecule has 2 atom stereocenters. The average molecular weight is 254 g/mol. The Kier molecular flexibility index (Phi) is 3.61. The average Bonchev–Trinajstić information content (AvgIpc) is 3.05. The summed E-state index contributed by atoms with van der Waals surface area (Å²) in [7, 11) is 0. The van der Waals surface area contributed by atoms with Crippen molar-refractivity contribution < 1.29 is 14.7 Å². The number of carboxylic acid groups (broad SMARTS) is 1. The third-order valence-electron chi connectivity index (χ3n) is 4.43. The molecule has 1 saturated carbocycles. The number of piperidine rings is 1. The third-order valence-corrected chi connectivity index (χ3v) is 4.43. The number of aliphatic carboxylic acids is 1. The predicted molar refractivity (Wildman–Crippen MR) is 67.2 cm³/mol. The van der Waals surface area contributed by atoms with Gasteiger partial charge in [0.2, 0.25) is 5.91 Å². The molecule has 0 spiro atoms. The largest absolute Gasteiger partial charge is 0.481 e. The first-order valence-corrected chi connectivity index (χ1v) is 6.77. The number of nitrogens with zero attached hydrogens (tertiary/aromatic N) is 2. The van der Waals surface area contributed by atoms with E-state index in [2.05, 4.69) is 0 Å². The van der Waals surface area contributed by atoms with Gasteiger partial charge in [0.25, 0.3) is 0 Å². The monoisotopic (exact) mass is 254 g/mol. The molecule has 0 aromatic heterocycles. The molecule has 1 amide bonds. The van der Waals surface area contributed by atoms with Crippen molar-refractivity contribution in [3.05, 3.63) is 0 Å². The second kappa shape index (κ2) is 4.88. The minimum Gasteiger partial charge on any atom is -0.481 e. The van der Waals surface area contributed by atoms with Crippen LogP contribution < -0.4 is 0 Å². The van der Waals surface area contributed by atoms with Crippen molar-refractivity contribution in [2.75, 3.05) is 32.7 Å². The first-order chi connectivity index (χ1) is 8.53. The summed E-state index contributed by atoms with van der Waals surface area (Å²) >= 11 is 0. The van der Waals surface area contributed by atoms with Gasteiger partial charge in [-0.1, -0.05) is 0 Å². The Morgan fingerprint density at radius 3 is 2.61 bits per heavy atom. The van der Waals surface area contributed by atoms with Crippen molar-refractivity contribution in [1.82, 2.24) is 9.80 Å². The van der Waals surface area contributed by atoms with E-state index in [0.29, 0.717) is 19.0 Å². The highest BCUT2D eigenvalue weighted by Gasteiger charge is 2.62. The lowest BCUT2D eigenvalue weighted by Crippen LogP contribution is -2.46. The van der Waals surface area contributed by atoms with E-state index in [0.717, 1.165) is 32.5 Å². The van der Waals surface area contributed by atoms with Gasteiger partial charge in [-0.3, -0.25) is 14.5 Å². The SMILES string of the molecule is CCN(CC)C(=O)CN1CCC2CC2(C(=O)O)C1. The molecule has 0 bridgehead atoms. The van der Waals surface area contributed by atoms with Crippen LogP contribution >= 0.6 is 0 Å². The van der Waals surface area contributed by atoms with Crippen LogP contribution in [-0.2, 0) is 9.59 Å². The van der Waals surface area contributed by atoms with Crippen LogP contribution in [0.3, 0.4) is 0 Å². The number of hydrogen-bond donors (Lipinski definition) is 1. The molecule has 2 rings (SSSR count). The maximum absolute atomic E-state index is 12.0. The van der Waals surface area contributed by atoms with Crippen molar-refractivity contribution in [2.24, 2.45) is 11.3 Å². The summed E-state index contributed by atoms with van der Waals surface area (Å²) in [5.74, 6) is -0.234. The standard InChI is InChI=1S/C13H22N2O3/c1-3-15(4-2)11(16)8-14-6-5-10-7-13(10,9-14)12(17)18/h10H,3-9H2,1-2H3,(H,17,18). The Balaban J connectivity index is 1.91. The number of fused-ring (bicyclic) bond motifs is 1. The van der Waals surface area contributed by atoms with Gasteiger partial charge in [0.05, 0.1) is 12.0 Å². The van der Waals surface area contributed by atoms with Crippen LogP contribution in [0.25, 0.3) is 0 Å². The van der Waals surface area contributed by atoms with Gasteiger partial charge in [-0.05, 0) is 39.2 Å². The number of hydrogen-bond acceptors (Lipinski definition) is 3. The van der Waals surface area contributed by atoms with Crippen LogP contribution in [0.15, 0.2) is 0 Å². The molecule has 1 N–H and O–H groups in total. The zero-order valence-corrected chi connectivity index (χ0v) is 11.2. The molecule has 102 valence electrons. The minimum absolute atomic E-state index is 0.111. The topological polar surface area (TPSA) is 60.9 Å². The van der Waals surface area contributed by atoms with E-state index >= 15 is 0 Å². The van der Waals surface area contributed by atoms with Crippen molar-refractivity contribution >= 4 is 11.9 Å². The molecule has 2 unspecified atom stereocenters. The highest BCUT2D eigenvalue weighted by Crippen LogP contribution is 2.57. The Morgan fingerprint density at radius 2 is 2.06 bits per heavy atom. The number of carboxylic acids is 1. The zero-order valence-electron chi connectivity index (χ0n) is 11.2. The molecule has 0 radical (unpaired) electrons. The van der Waals surface area contributed by atoms with Gasteiger partial charge in [0, 0.05) is 19.6 Å². The highest BCUT2D eigenvalue weighted by molar-refractivity contribution is 5.80. The molecule has 0 aromatic carbocycles. The van der Waals surface area contributed by atoms with Gasteiger partial charge < -0.3 is 10.0 Å². The van der Waals surface area contributed by atoms with E-state index < -0.39 is 11.4 Å². The van der Waals surface area contributed by atoms with Crippen LogP contribution in [0.2, 0.25) is 0 Å². The Morgan fingerprint density at radius 1 is 1.39 bits per heavy atom. The number of carbonyl (C=O) groups excluding carboxylic acids is 1. The number of likely N-dealkylation sites (N-methyl/N-ethyl adjacent to an activating group) is 1. The molecule has 1 aliphatic heterocycles. The summed E-state index contributed by atoms with van der Waals surface area (Å²) in [5, 5.41) is 9.27. The van der Waals surface area contributed by atoms with E-state index in [-0.39, 0.29) is 5.91 Å². The number of amides is 1. The van der Waals surface area contributed by atoms with E-state index in [1.807, 2.05) is 18.7 Å². The van der Waals surface area contributed by atoms with Crippen LogP contribution in [0.5, 0.6) is 0 Å². The summed E-state index contributed by atoms with van der Waals surface area (Å²) in [4.78, 5) is 27.1. The van der Waals surface area contributed by atoms with Crippen LogP contribution in [0.4, 0.5) is 0 Å².